The van der Waals surface area contributed by atoms with E-state index in [2.05, 4.69) is 5.16 Å². The minimum absolute atomic E-state index is 0.00750. The Balaban J connectivity index is 3.43. The molecular formula is C8H11N3O2. The molecule has 0 amide bonds. The second kappa shape index (κ2) is 3.30. The van der Waals surface area contributed by atoms with Gasteiger partial charge in [0.25, 0.3) is 0 Å². The van der Waals surface area contributed by atoms with Crippen molar-refractivity contribution in [1.29, 1.82) is 0 Å². The summed E-state index contributed by atoms with van der Waals surface area (Å²) in [4.78, 5) is 11.1. The van der Waals surface area contributed by atoms with Crippen molar-refractivity contribution < 1.29 is 5.21 Å². The van der Waals surface area contributed by atoms with E-state index in [4.69, 9.17) is 10.9 Å². The number of pyridine rings is 1. The molecule has 5 heteroatoms. The van der Waals surface area contributed by atoms with E-state index in [1.165, 1.54) is 16.7 Å². The largest absolute Gasteiger partial charge is 0.409 e. The monoisotopic (exact) mass is 181 g/mol. The molecule has 0 saturated carbocycles. The van der Waals surface area contributed by atoms with Gasteiger partial charge >= 0.3 is 0 Å². The average molecular weight is 181 g/mol. The third kappa shape index (κ3) is 1.53. The highest BCUT2D eigenvalue weighted by molar-refractivity contribution is 5.97. The number of oxime groups is 1. The van der Waals surface area contributed by atoms with Crippen molar-refractivity contribution in [1.82, 2.24) is 4.57 Å². The first-order chi connectivity index (χ1) is 6.07. The minimum atomic E-state index is -0.119. The maximum Gasteiger partial charge on any atom is 0.250 e. The average Bonchev–Trinajstić information content (AvgIpc) is 2.13. The van der Waals surface area contributed by atoms with Gasteiger partial charge in [-0.1, -0.05) is 5.16 Å². The highest BCUT2D eigenvalue weighted by atomic mass is 16.4. The third-order valence-electron chi connectivity index (χ3n) is 2.00. The lowest BCUT2D eigenvalue weighted by atomic mass is 10.2. The number of hydrogen-bond donors (Lipinski definition) is 2. The molecule has 0 saturated heterocycles. The van der Waals surface area contributed by atoms with E-state index >= 15 is 0 Å². The highest BCUT2D eigenvalue weighted by Crippen LogP contribution is 2.02. The lowest BCUT2D eigenvalue weighted by Gasteiger charge is -2.07. The molecule has 1 heterocycles. The number of nitrogens with two attached hydrogens (primary N) is 1. The standard InChI is InChI=1S/C8H11N3O2/c1-5-6(8(9)10-13)3-4-7(12)11(5)2/h3-4,13H,1-2H3,(H2,9,10). The summed E-state index contributed by atoms with van der Waals surface area (Å²) in [6, 6.07) is 2.91. The molecule has 0 aliphatic rings. The van der Waals surface area contributed by atoms with Crippen LogP contribution in [-0.4, -0.2) is 15.6 Å². The normalized spacial score (nSPS) is 11.7. The number of rotatable bonds is 1. The molecule has 0 radical (unpaired) electrons. The maximum absolute atomic E-state index is 11.1. The fourth-order valence-electron chi connectivity index (χ4n) is 1.06. The summed E-state index contributed by atoms with van der Waals surface area (Å²) in [5.74, 6) is 0.00750. The van der Waals surface area contributed by atoms with E-state index < -0.39 is 0 Å². The molecule has 0 bridgehead atoms. The smallest absolute Gasteiger partial charge is 0.250 e. The lowest BCUT2D eigenvalue weighted by Crippen LogP contribution is -2.24. The molecule has 13 heavy (non-hydrogen) atoms. The Hall–Kier alpha value is -1.78. The summed E-state index contributed by atoms with van der Waals surface area (Å²) in [5, 5.41) is 11.3. The predicted molar refractivity (Wildman–Crippen MR) is 48.9 cm³/mol. The first-order valence-electron chi connectivity index (χ1n) is 3.72. The van der Waals surface area contributed by atoms with Gasteiger partial charge in [-0.15, -0.1) is 0 Å². The van der Waals surface area contributed by atoms with Gasteiger partial charge < -0.3 is 15.5 Å². The van der Waals surface area contributed by atoms with Crippen LogP contribution in [-0.2, 0) is 7.05 Å². The van der Waals surface area contributed by atoms with Crippen molar-refractivity contribution >= 4 is 5.84 Å². The topological polar surface area (TPSA) is 80.6 Å². The Morgan fingerprint density at radius 1 is 1.62 bits per heavy atom. The van der Waals surface area contributed by atoms with Gasteiger partial charge in [0.1, 0.15) is 0 Å². The van der Waals surface area contributed by atoms with Gasteiger partial charge in [-0.25, -0.2) is 0 Å². The van der Waals surface area contributed by atoms with Crippen LogP contribution in [0.3, 0.4) is 0 Å². The first-order valence-corrected chi connectivity index (χ1v) is 3.72. The predicted octanol–water partition coefficient (Wildman–Crippen LogP) is -0.212. The van der Waals surface area contributed by atoms with E-state index in [0.29, 0.717) is 11.3 Å². The van der Waals surface area contributed by atoms with E-state index in [-0.39, 0.29) is 11.4 Å². The highest BCUT2D eigenvalue weighted by Gasteiger charge is 2.06. The second-order valence-electron chi connectivity index (χ2n) is 2.71. The molecule has 0 fully saturated rings. The van der Waals surface area contributed by atoms with Crippen LogP contribution in [0.2, 0.25) is 0 Å². The van der Waals surface area contributed by atoms with Gasteiger partial charge in [-0.3, -0.25) is 4.79 Å². The van der Waals surface area contributed by atoms with E-state index in [1.807, 2.05) is 0 Å². The van der Waals surface area contributed by atoms with Crippen LogP contribution in [0.5, 0.6) is 0 Å². The van der Waals surface area contributed by atoms with Gasteiger partial charge in [0, 0.05) is 24.4 Å². The van der Waals surface area contributed by atoms with Crippen LogP contribution in [0.15, 0.2) is 22.1 Å². The summed E-state index contributed by atoms with van der Waals surface area (Å²) >= 11 is 0. The summed E-state index contributed by atoms with van der Waals surface area (Å²) in [6.45, 7) is 1.73. The fraction of sp³-hybridized carbons (Fsp3) is 0.250. The van der Waals surface area contributed by atoms with Gasteiger partial charge in [0.2, 0.25) is 5.56 Å². The zero-order valence-corrected chi connectivity index (χ0v) is 7.48. The molecule has 70 valence electrons. The van der Waals surface area contributed by atoms with Crippen molar-refractivity contribution in [2.75, 3.05) is 0 Å². The molecule has 5 nitrogen and oxygen atoms in total. The maximum atomic E-state index is 11.1. The Bertz CT molecular complexity index is 406. The second-order valence-corrected chi connectivity index (χ2v) is 2.71. The van der Waals surface area contributed by atoms with Gasteiger partial charge in [-0.05, 0) is 13.0 Å². The molecule has 3 N–H and O–H groups in total. The van der Waals surface area contributed by atoms with Crippen LogP contribution in [0.25, 0.3) is 0 Å². The quantitative estimate of drug-likeness (QED) is 0.272. The Morgan fingerprint density at radius 3 is 2.77 bits per heavy atom. The van der Waals surface area contributed by atoms with Crippen molar-refractivity contribution in [2.24, 2.45) is 17.9 Å². The Morgan fingerprint density at radius 2 is 2.23 bits per heavy atom. The molecule has 1 aromatic heterocycles. The SMILES string of the molecule is Cc1c(/C(N)=N/O)ccc(=O)n1C. The molecule has 0 aliphatic heterocycles. The molecule has 0 atom stereocenters. The zero-order valence-electron chi connectivity index (χ0n) is 7.48. The Labute approximate surface area is 75.1 Å². The van der Waals surface area contributed by atoms with Crippen LogP contribution < -0.4 is 11.3 Å². The summed E-state index contributed by atoms with van der Waals surface area (Å²) in [6.07, 6.45) is 0. The van der Waals surface area contributed by atoms with Gasteiger partial charge in [0.05, 0.1) is 0 Å². The fourth-order valence-corrected chi connectivity index (χ4v) is 1.06. The molecule has 0 unspecified atom stereocenters. The Kier molecular flexibility index (Phi) is 2.36. The van der Waals surface area contributed by atoms with Crippen LogP contribution in [0.4, 0.5) is 0 Å². The van der Waals surface area contributed by atoms with Crippen molar-refractivity contribution in [3.8, 4) is 0 Å². The molecule has 1 rings (SSSR count). The van der Waals surface area contributed by atoms with Crippen molar-refractivity contribution in [3.05, 3.63) is 33.7 Å². The van der Waals surface area contributed by atoms with Crippen LogP contribution >= 0.6 is 0 Å². The van der Waals surface area contributed by atoms with Crippen LogP contribution in [0.1, 0.15) is 11.3 Å². The van der Waals surface area contributed by atoms with E-state index in [1.54, 1.807) is 14.0 Å². The van der Waals surface area contributed by atoms with Crippen LogP contribution in [0, 0.1) is 6.92 Å². The molecule has 0 spiro atoms. The molecule has 0 aliphatic carbocycles. The number of hydrogen-bond acceptors (Lipinski definition) is 3. The summed E-state index contributed by atoms with van der Waals surface area (Å²) < 4.78 is 1.44. The first kappa shape index (κ1) is 9.31. The summed E-state index contributed by atoms with van der Waals surface area (Å²) in [5.41, 5.74) is 6.51. The van der Waals surface area contributed by atoms with Crippen molar-refractivity contribution in [3.63, 3.8) is 0 Å². The number of aromatic nitrogens is 1. The summed E-state index contributed by atoms with van der Waals surface area (Å²) in [7, 11) is 1.63. The molecular weight excluding hydrogens is 170 g/mol. The number of amidine groups is 1. The molecule has 0 aromatic carbocycles. The van der Waals surface area contributed by atoms with Crippen molar-refractivity contribution in [2.45, 2.75) is 6.92 Å². The van der Waals surface area contributed by atoms with E-state index in [9.17, 15) is 4.79 Å². The number of nitrogens with zero attached hydrogens (tertiary/aromatic N) is 2. The van der Waals surface area contributed by atoms with Gasteiger partial charge in [-0.2, -0.15) is 0 Å². The minimum Gasteiger partial charge on any atom is -0.409 e. The molecule has 1 aromatic rings. The third-order valence-corrected chi connectivity index (χ3v) is 2.00. The van der Waals surface area contributed by atoms with E-state index in [0.717, 1.165) is 0 Å². The zero-order chi connectivity index (χ0) is 10.0. The van der Waals surface area contributed by atoms with Gasteiger partial charge in [0.15, 0.2) is 5.84 Å². The lowest BCUT2D eigenvalue weighted by molar-refractivity contribution is 0.318.